The molecular weight excluding hydrogens is 340 g/mol. The third-order valence-corrected chi connectivity index (χ3v) is 4.50. The van der Waals surface area contributed by atoms with Crippen LogP contribution in [0.1, 0.15) is 37.2 Å². The van der Waals surface area contributed by atoms with Crippen molar-refractivity contribution in [1.82, 2.24) is 30.8 Å². The molecule has 2 aromatic rings. The number of carbonyl (C=O) groups is 1. The number of hydrogen-bond acceptors (Lipinski definition) is 5. The van der Waals surface area contributed by atoms with Gasteiger partial charge in [-0.05, 0) is 49.2 Å². The number of hydrogen-bond donors (Lipinski definition) is 2. The van der Waals surface area contributed by atoms with Crippen LogP contribution in [0.5, 0.6) is 0 Å². The highest BCUT2D eigenvalue weighted by Gasteiger charge is 2.27. The van der Waals surface area contributed by atoms with Crippen molar-refractivity contribution in [3.63, 3.8) is 0 Å². The lowest BCUT2D eigenvalue weighted by Crippen LogP contribution is -2.48. The number of nitrogens with zero attached hydrogens (tertiary/aromatic N) is 4. The molecule has 0 radical (unpaired) electrons. The number of tetrazole rings is 1. The largest absolute Gasteiger partial charge is 0.351 e. The lowest BCUT2D eigenvalue weighted by atomic mass is 9.99. The van der Waals surface area contributed by atoms with Crippen LogP contribution in [0.2, 0.25) is 0 Å². The van der Waals surface area contributed by atoms with E-state index in [0.717, 1.165) is 24.9 Å². The van der Waals surface area contributed by atoms with Crippen molar-refractivity contribution in [2.45, 2.75) is 51.2 Å². The van der Waals surface area contributed by atoms with E-state index < -0.39 is 6.04 Å². The Balaban J connectivity index is 0.00000225. The number of rotatable bonds is 5. The fourth-order valence-electron chi connectivity index (χ4n) is 3.21. The Morgan fingerprint density at radius 1 is 1.40 bits per heavy atom. The first kappa shape index (κ1) is 19.3. The maximum Gasteiger partial charge on any atom is 0.245 e. The van der Waals surface area contributed by atoms with E-state index >= 15 is 0 Å². The molecule has 0 bridgehead atoms. The van der Waals surface area contributed by atoms with Crippen LogP contribution in [0.15, 0.2) is 30.3 Å². The van der Waals surface area contributed by atoms with Gasteiger partial charge in [0.1, 0.15) is 11.9 Å². The van der Waals surface area contributed by atoms with Gasteiger partial charge in [-0.15, -0.1) is 17.5 Å². The Hall–Kier alpha value is -1.99. The third-order valence-electron chi connectivity index (χ3n) is 4.50. The highest BCUT2D eigenvalue weighted by Crippen LogP contribution is 2.17. The van der Waals surface area contributed by atoms with E-state index in [1.165, 1.54) is 0 Å². The van der Waals surface area contributed by atoms with Gasteiger partial charge in [0.25, 0.3) is 0 Å². The lowest BCUT2D eigenvalue weighted by molar-refractivity contribution is -0.125. The van der Waals surface area contributed by atoms with Crippen molar-refractivity contribution < 1.29 is 4.79 Å². The third kappa shape index (κ3) is 4.99. The summed E-state index contributed by atoms with van der Waals surface area (Å²) in [5, 5.41) is 18.2. The SMILES string of the molecule is Cc1nnnn1C(Cc1ccccc1)C(=O)NC1CCNC(C)C1.Cl. The Morgan fingerprint density at radius 3 is 2.80 bits per heavy atom. The molecule has 0 spiro atoms. The Bertz CT molecular complexity index is 677. The summed E-state index contributed by atoms with van der Waals surface area (Å²) in [6, 6.07) is 10.1. The van der Waals surface area contributed by atoms with Crippen LogP contribution in [-0.2, 0) is 11.2 Å². The fraction of sp³-hybridized carbons (Fsp3) is 0.529. The zero-order valence-electron chi connectivity index (χ0n) is 14.6. The van der Waals surface area contributed by atoms with Crippen LogP contribution in [0.3, 0.4) is 0 Å². The first-order chi connectivity index (χ1) is 11.6. The molecule has 3 unspecified atom stereocenters. The van der Waals surface area contributed by atoms with Gasteiger partial charge in [-0.2, -0.15) is 0 Å². The summed E-state index contributed by atoms with van der Waals surface area (Å²) in [4.78, 5) is 12.9. The molecular formula is C17H25ClN6O. The summed E-state index contributed by atoms with van der Waals surface area (Å²) in [5.41, 5.74) is 1.09. The Kier molecular flexibility index (Phi) is 6.90. The number of amides is 1. The van der Waals surface area contributed by atoms with Crippen molar-refractivity contribution in [2.75, 3.05) is 6.54 Å². The Morgan fingerprint density at radius 2 is 2.16 bits per heavy atom. The van der Waals surface area contributed by atoms with Crippen LogP contribution in [0.4, 0.5) is 0 Å². The highest BCUT2D eigenvalue weighted by atomic mass is 35.5. The van der Waals surface area contributed by atoms with Crippen molar-refractivity contribution in [1.29, 1.82) is 0 Å². The number of aromatic nitrogens is 4. The molecule has 1 aliphatic heterocycles. The molecule has 1 aromatic carbocycles. The summed E-state index contributed by atoms with van der Waals surface area (Å²) in [6.45, 7) is 4.89. The summed E-state index contributed by atoms with van der Waals surface area (Å²) in [7, 11) is 0. The van der Waals surface area contributed by atoms with E-state index in [-0.39, 0.29) is 24.4 Å². The van der Waals surface area contributed by atoms with Crippen molar-refractivity contribution in [2.24, 2.45) is 0 Å². The van der Waals surface area contributed by atoms with Crippen LogP contribution in [0, 0.1) is 6.92 Å². The van der Waals surface area contributed by atoms with Gasteiger partial charge in [-0.3, -0.25) is 4.79 Å². The summed E-state index contributed by atoms with van der Waals surface area (Å²) < 4.78 is 1.62. The average Bonchev–Trinajstić information content (AvgIpc) is 2.99. The zero-order chi connectivity index (χ0) is 16.9. The Labute approximate surface area is 154 Å². The van der Waals surface area contributed by atoms with Crippen molar-refractivity contribution in [3.05, 3.63) is 41.7 Å². The number of carbonyl (C=O) groups excluding carboxylic acids is 1. The molecule has 8 heteroatoms. The minimum Gasteiger partial charge on any atom is -0.351 e. The van der Waals surface area contributed by atoms with Gasteiger partial charge in [-0.1, -0.05) is 30.3 Å². The second-order valence-corrected chi connectivity index (χ2v) is 6.46. The predicted molar refractivity (Wildman–Crippen MR) is 97.6 cm³/mol. The van der Waals surface area contributed by atoms with E-state index in [0.29, 0.717) is 18.3 Å². The second kappa shape index (κ2) is 8.92. The van der Waals surface area contributed by atoms with Gasteiger partial charge in [0.15, 0.2) is 0 Å². The predicted octanol–water partition coefficient (Wildman–Crippen LogP) is 1.44. The van der Waals surface area contributed by atoms with Gasteiger partial charge in [0.2, 0.25) is 5.91 Å². The molecule has 3 atom stereocenters. The second-order valence-electron chi connectivity index (χ2n) is 6.46. The smallest absolute Gasteiger partial charge is 0.245 e. The minimum absolute atomic E-state index is 0. The molecule has 2 N–H and O–H groups in total. The maximum atomic E-state index is 12.9. The molecule has 0 aliphatic carbocycles. The first-order valence-electron chi connectivity index (χ1n) is 8.45. The zero-order valence-corrected chi connectivity index (χ0v) is 15.4. The normalized spacial score (nSPS) is 21.2. The molecule has 0 saturated carbocycles. The van der Waals surface area contributed by atoms with Crippen LogP contribution < -0.4 is 10.6 Å². The first-order valence-corrected chi connectivity index (χ1v) is 8.45. The molecule has 25 heavy (non-hydrogen) atoms. The molecule has 1 aromatic heterocycles. The summed E-state index contributed by atoms with van der Waals surface area (Å²) >= 11 is 0. The van der Waals surface area contributed by atoms with Gasteiger partial charge in [0.05, 0.1) is 0 Å². The van der Waals surface area contributed by atoms with E-state index in [9.17, 15) is 4.79 Å². The highest BCUT2D eigenvalue weighted by molar-refractivity contribution is 5.85. The monoisotopic (exact) mass is 364 g/mol. The summed E-state index contributed by atoms with van der Waals surface area (Å²) in [5.74, 6) is 0.623. The van der Waals surface area contributed by atoms with Gasteiger partial charge in [0, 0.05) is 18.5 Å². The molecule has 7 nitrogen and oxygen atoms in total. The minimum atomic E-state index is -0.437. The van der Waals surface area contributed by atoms with E-state index in [2.05, 4.69) is 33.1 Å². The fourth-order valence-corrected chi connectivity index (χ4v) is 3.21. The van der Waals surface area contributed by atoms with E-state index in [4.69, 9.17) is 0 Å². The molecule has 1 saturated heterocycles. The van der Waals surface area contributed by atoms with Gasteiger partial charge in [-0.25, -0.2) is 4.68 Å². The number of aryl methyl sites for hydroxylation is 1. The lowest BCUT2D eigenvalue weighted by Gasteiger charge is -2.30. The molecule has 136 valence electrons. The average molecular weight is 365 g/mol. The number of nitrogens with one attached hydrogen (secondary N) is 2. The van der Waals surface area contributed by atoms with Crippen molar-refractivity contribution >= 4 is 18.3 Å². The summed E-state index contributed by atoms with van der Waals surface area (Å²) in [6.07, 6.45) is 2.46. The van der Waals surface area contributed by atoms with E-state index in [1.54, 1.807) is 4.68 Å². The molecule has 1 fully saturated rings. The van der Waals surface area contributed by atoms with Crippen LogP contribution in [0.25, 0.3) is 0 Å². The van der Waals surface area contributed by atoms with Gasteiger partial charge >= 0.3 is 0 Å². The molecule has 1 amide bonds. The van der Waals surface area contributed by atoms with Crippen LogP contribution in [-0.4, -0.2) is 44.7 Å². The van der Waals surface area contributed by atoms with Gasteiger partial charge < -0.3 is 10.6 Å². The molecule has 2 heterocycles. The maximum absolute atomic E-state index is 12.9. The quantitative estimate of drug-likeness (QED) is 0.838. The van der Waals surface area contributed by atoms with E-state index in [1.807, 2.05) is 37.3 Å². The van der Waals surface area contributed by atoms with Crippen LogP contribution >= 0.6 is 12.4 Å². The standard InChI is InChI=1S/C17H24N6O.ClH/c1-12-10-15(8-9-18-12)19-17(24)16(23-13(2)20-21-22-23)11-14-6-4-3-5-7-14;/h3-7,12,15-16,18H,8-11H2,1-2H3,(H,19,24);1H. The number of piperidine rings is 1. The number of halogens is 1. The topological polar surface area (TPSA) is 84.7 Å². The molecule has 1 aliphatic rings. The molecule has 3 rings (SSSR count). The van der Waals surface area contributed by atoms with Crippen molar-refractivity contribution in [3.8, 4) is 0 Å². The number of benzene rings is 1.